The minimum atomic E-state index is -2.80. The lowest BCUT2D eigenvalue weighted by Gasteiger charge is -2.36. The third-order valence-corrected chi connectivity index (χ3v) is 4.85. The standard InChI is InChI=1S/C16H19ClF3N3O.2ClH/c17-13-7-12(18)2-1-11(13)9-22-3-5-23(6-4-22)15(24)14-8-16(19,20)10-21-14;;/h1-2,7,14,21H,3-6,8-10H2;2*1H. The summed E-state index contributed by atoms with van der Waals surface area (Å²) < 4.78 is 39.5. The van der Waals surface area contributed by atoms with Crippen LogP contribution in [-0.4, -0.2) is 60.4 Å². The number of hydrogen-bond donors (Lipinski definition) is 1. The molecule has 0 spiro atoms. The Kier molecular flexibility index (Phi) is 8.48. The number of piperazine rings is 1. The highest BCUT2D eigenvalue weighted by molar-refractivity contribution is 6.31. The number of alkyl halides is 2. The van der Waals surface area contributed by atoms with E-state index < -0.39 is 24.9 Å². The smallest absolute Gasteiger partial charge is 0.262 e. The first-order valence-corrected chi connectivity index (χ1v) is 8.28. The molecule has 0 radical (unpaired) electrons. The zero-order valence-electron chi connectivity index (χ0n) is 13.9. The molecule has 2 aliphatic rings. The van der Waals surface area contributed by atoms with Crippen LogP contribution in [0.2, 0.25) is 5.02 Å². The molecule has 0 aliphatic carbocycles. The third-order valence-electron chi connectivity index (χ3n) is 4.50. The van der Waals surface area contributed by atoms with E-state index in [-0.39, 0.29) is 36.5 Å². The molecule has 1 unspecified atom stereocenters. The maximum Gasteiger partial charge on any atom is 0.262 e. The van der Waals surface area contributed by atoms with Gasteiger partial charge in [-0.25, -0.2) is 13.2 Å². The SMILES string of the molecule is Cl.Cl.O=C(C1CC(F)(F)CN1)N1CCN(Cc2ccc(F)cc2Cl)CC1. The molecule has 0 bridgehead atoms. The van der Waals surface area contributed by atoms with Crippen molar-refractivity contribution < 1.29 is 18.0 Å². The lowest BCUT2D eigenvalue weighted by atomic mass is 10.1. The normalized spacial score (nSPS) is 22.5. The first kappa shape index (κ1) is 23.3. The van der Waals surface area contributed by atoms with Crippen LogP contribution >= 0.6 is 36.4 Å². The zero-order valence-corrected chi connectivity index (χ0v) is 16.3. The Morgan fingerprint density at radius 2 is 1.88 bits per heavy atom. The minimum Gasteiger partial charge on any atom is -0.339 e. The van der Waals surface area contributed by atoms with E-state index in [1.165, 1.54) is 12.1 Å². The molecule has 1 atom stereocenters. The highest BCUT2D eigenvalue weighted by atomic mass is 35.5. The van der Waals surface area contributed by atoms with E-state index in [0.717, 1.165) is 5.56 Å². The fourth-order valence-electron chi connectivity index (χ4n) is 3.13. The summed E-state index contributed by atoms with van der Waals surface area (Å²) >= 11 is 6.03. The number of carbonyl (C=O) groups is 1. The van der Waals surface area contributed by atoms with Crippen molar-refractivity contribution in [1.82, 2.24) is 15.1 Å². The van der Waals surface area contributed by atoms with E-state index in [4.69, 9.17) is 11.6 Å². The molecule has 0 aromatic heterocycles. The van der Waals surface area contributed by atoms with Gasteiger partial charge in [0.25, 0.3) is 5.92 Å². The van der Waals surface area contributed by atoms with E-state index in [9.17, 15) is 18.0 Å². The van der Waals surface area contributed by atoms with Crippen LogP contribution in [0.5, 0.6) is 0 Å². The topological polar surface area (TPSA) is 35.6 Å². The van der Waals surface area contributed by atoms with Crippen LogP contribution in [0.25, 0.3) is 0 Å². The van der Waals surface area contributed by atoms with Crippen molar-refractivity contribution in [3.8, 4) is 0 Å². The number of nitrogens with one attached hydrogen (secondary N) is 1. The maximum atomic E-state index is 13.2. The number of halogens is 6. The van der Waals surface area contributed by atoms with Crippen molar-refractivity contribution >= 4 is 42.3 Å². The van der Waals surface area contributed by atoms with E-state index in [0.29, 0.717) is 37.7 Å². The van der Waals surface area contributed by atoms with Crippen molar-refractivity contribution in [2.45, 2.75) is 24.9 Å². The molecule has 0 saturated carbocycles. The van der Waals surface area contributed by atoms with Crippen LogP contribution in [0.3, 0.4) is 0 Å². The number of amides is 1. The second-order valence-corrected chi connectivity index (χ2v) is 6.74. The van der Waals surface area contributed by atoms with Gasteiger partial charge in [-0.15, -0.1) is 24.8 Å². The van der Waals surface area contributed by atoms with Gasteiger partial charge in [0.2, 0.25) is 5.91 Å². The lowest BCUT2D eigenvalue weighted by molar-refractivity contribution is -0.135. The molecule has 2 saturated heterocycles. The quantitative estimate of drug-likeness (QED) is 0.794. The van der Waals surface area contributed by atoms with Crippen LogP contribution in [0.1, 0.15) is 12.0 Å². The summed E-state index contributed by atoms with van der Waals surface area (Å²) in [7, 11) is 0. The van der Waals surface area contributed by atoms with Crippen LogP contribution in [0, 0.1) is 5.82 Å². The van der Waals surface area contributed by atoms with Gasteiger partial charge in [-0.05, 0) is 17.7 Å². The number of nitrogens with zero attached hydrogens (tertiary/aromatic N) is 2. The van der Waals surface area contributed by atoms with Crippen LogP contribution in [0.15, 0.2) is 18.2 Å². The van der Waals surface area contributed by atoms with Gasteiger partial charge in [0.05, 0.1) is 12.6 Å². The molecular weight excluding hydrogens is 414 g/mol. The predicted molar refractivity (Wildman–Crippen MR) is 99.1 cm³/mol. The van der Waals surface area contributed by atoms with Crippen molar-refractivity contribution in [2.75, 3.05) is 32.7 Å². The summed E-state index contributed by atoms with van der Waals surface area (Å²) in [4.78, 5) is 16.0. The van der Waals surface area contributed by atoms with Crippen molar-refractivity contribution in [3.63, 3.8) is 0 Å². The second-order valence-electron chi connectivity index (χ2n) is 6.33. The Balaban J connectivity index is 0.00000169. The highest BCUT2D eigenvalue weighted by Gasteiger charge is 2.43. The molecule has 3 rings (SSSR count). The summed E-state index contributed by atoms with van der Waals surface area (Å²) in [6.45, 7) is 2.36. The van der Waals surface area contributed by atoms with Gasteiger partial charge in [0.15, 0.2) is 0 Å². The molecule has 1 N–H and O–H groups in total. The molecule has 4 nitrogen and oxygen atoms in total. The Morgan fingerprint density at radius 3 is 2.42 bits per heavy atom. The van der Waals surface area contributed by atoms with Crippen molar-refractivity contribution in [2.24, 2.45) is 0 Å². The largest absolute Gasteiger partial charge is 0.339 e. The average Bonchev–Trinajstić information content (AvgIpc) is 2.90. The molecule has 1 aromatic carbocycles. The van der Waals surface area contributed by atoms with Crippen LogP contribution in [-0.2, 0) is 11.3 Å². The Morgan fingerprint density at radius 1 is 1.23 bits per heavy atom. The Labute approximate surface area is 167 Å². The Bertz CT molecular complexity index is 628. The van der Waals surface area contributed by atoms with Gasteiger partial charge in [-0.1, -0.05) is 17.7 Å². The molecule has 26 heavy (non-hydrogen) atoms. The number of rotatable bonds is 3. The van der Waals surface area contributed by atoms with Crippen LogP contribution in [0.4, 0.5) is 13.2 Å². The number of carbonyl (C=O) groups excluding carboxylic acids is 1. The van der Waals surface area contributed by atoms with Gasteiger partial charge in [-0.3, -0.25) is 15.0 Å². The predicted octanol–water partition coefficient (Wildman–Crippen LogP) is 2.96. The molecule has 1 amide bonds. The molecular formula is C16H21Cl3F3N3O. The van der Waals surface area contributed by atoms with Gasteiger partial charge >= 0.3 is 0 Å². The molecule has 10 heteroatoms. The summed E-state index contributed by atoms with van der Waals surface area (Å²) in [5.74, 6) is -3.44. The van der Waals surface area contributed by atoms with Crippen molar-refractivity contribution in [1.29, 1.82) is 0 Å². The molecule has 2 fully saturated rings. The molecule has 148 valence electrons. The number of benzene rings is 1. The summed E-state index contributed by atoms with van der Waals surface area (Å²) in [6.07, 6.45) is -0.433. The minimum absolute atomic E-state index is 0. The van der Waals surface area contributed by atoms with Gasteiger partial charge in [0, 0.05) is 44.2 Å². The van der Waals surface area contributed by atoms with Gasteiger partial charge in [-0.2, -0.15) is 0 Å². The first-order valence-electron chi connectivity index (χ1n) is 7.90. The van der Waals surface area contributed by atoms with Gasteiger partial charge < -0.3 is 4.90 Å². The second kappa shape index (κ2) is 9.46. The van der Waals surface area contributed by atoms with Crippen molar-refractivity contribution in [3.05, 3.63) is 34.6 Å². The first-order chi connectivity index (χ1) is 11.3. The highest BCUT2D eigenvalue weighted by Crippen LogP contribution is 2.26. The maximum absolute atomic E-state index is 13.2. The van der Waals surface area contributed by atoms with E-state index in [2.05, 4.69) is 10.2 Å². The molecule has 2 heterocycles. The fraction of sp³-hybridized carbons (Fsp3) is 0.562. The summed E-state index contributed by atoms with van der Waals surface area (Å²) in [6, 6.07) is 3.51. The Hall–Kier alpha value is -0.730. The van der Waals surface area contributed by atoms with Gasteiger partial charge in [0.1, 0.15) is 5.82 Å². The fourth-order valence-corrected chi connectivity index (χ4v) is 3.35. The monoisotopic (exact) mass is 433 g/mol. The van der Waals surface area contributed by atoms with E-state index in [1.54, 1.807) is 11.0 Å². The summed E-state index contributed by atoms with van der Waals surface area (Å²) in [5, 5.41) is 2.98. The average molecular weight is 435 g/mol. The third kappa shape index (κ3) is 5.63. The summed E-state index contributed by atoms with van der Waals surface area (Å²) in [5.41, 5.74) is 0.829. The zero-order chi connectivity index (χ0) is 17.3. The molecule has 1 aromatic rings. The van der Waals surface area contributed by atoms with Crippen LogP contribution < -0.4 is 5.32 Å². The molecule has 2 aliphatic heterocycles. The lowest BCUT2D eigenvalue weighted by Crippen LogP contribution is -2.52. The van der Waals surface area contributed by atoms with E-state index in [1.807, 2.05) is 0 Å². The number of hydrogen-bond acceptors (Lipinski definition) is 3. The van der Waals surface area contributed by atoms with E-state index >= 15 is 0 Å².